The monoisotopic (exact) mass is 152 g/mol. The molecule has 0 heterocycles. The van der Waals surface area contributed by atoms with Crippen LogP contribution in [0.3, 0.4) is 0 Å². The molecule has 0 aliphatic rings. The van der Waals surface area contributed by atoms with Crippen molar-refractivity contribution in [3.8, 4) is 0 Å². The minimum atomic E-state index is -0.750. The van der Waals surface area contributed by atoms with E-state index < -0.39 is 5.60 Å². The number of rotatable bonds is 0. The Kier molecular flexibility index (Phi) is 10.6. The van der Waals surface area contributed by atoms with Gasteiger partial charge in [0.05, 0.1) is 0 Å². The topological polar surface area (TPSA) is 23.1 Å². The van der Waals surface area contributed by atoms with E-state index in [0.717, 1.165) is 0 Å². The second kappa shape index (κ2) is 4.74. The first-order chi connectivity index (χ1) is 2.00. The fraction of sp³-hybridized carbons (Fsp3) is 0.800. The summed E-state index contributed by atoms with van der Waals surface area (Å²) >= 11 is 0. The Hall–Kier alpha value is 0.583. The molecule has 0 rings (SSSR count). The Morgan fingerprint density at radius 1 is 1.14 bits per heavy atom. The van der Waals surface area contributed by atoms with Crippen molar-refractivity contribution in [2.24, 2.45) is 0 Å². The van der Waals surface area contributed by atoms with Gasteiger partial charge in [-0.1, -0.05) is 20.8 Å². The molecule has 0 fully saturated rings. The zero-order valence-corrected chi connectivity index (χ0v) is 8.58. The van der Waals surface area contributed by atoms with Crippen molar-refractivity contribution < 1.29 is 24.6 Å². The van der Waals surface area contributed by atoms with Crippen LogP contribution in [0.1, 0.15) is 20.8 Å². The molecule has 0 bridgehead atoms. The van der Waals surface area contributed by atoms with Crippen LogP contribution in [0, 0.1) is 7.43 Å². The molecule has 0 aliphatic carbocycles. The Bertz CT molecular complexity index is 23.6. The van der Waals surface area contributed by atoms with E-state index in [1.54, 1.807) is 20.8 Å². The van der Waals surface area contributed by atoms with Gasteiger partial charge in [-0.3, -0.25) is 0 Å². The van der Waals surface area contributed by atoms with Crippen molar-refractivity contribution in [3.05, 3.63) is 7.43 Å². The van der Waals surface area contributed by atoms with Gasteiger partial charge in [-0.2, -0.15) is 0 Å². The molecule has 1 nitrogen and oxygen atoms in total. The van der Waals surface area contributed by atoms with E-state index in [-0.39, 0.29) is 26.9 Å². The van der Waals surface area contributed by atoms with Gasteiger partial charge in [0.1, 0.15) is 0 Å². The molecule has 0 aromatic heterocycles. The average molecular weight is 154 g/mol. The van der Waals surface area contributed by atoms with E-state index in [1.165, 1.54) is 0 Å². The molecule has 2 heteroatoms. The van der Waals surface area contributed by atoms with Gasteiger partial charge in [0.25, 0.3) is 0 Å². The molecule has 40 valence electrons. The van der Waals surface area contributed by atoms with Gasteiger partial charge in [-0.25, -0.2) is 0 Å². The molecule has 7 heavy (non-hydrogen) atoms. The minimum Gasteiger partial charge on any atom is -0.850 e. The van der Waals surface area contributed by atoms with Crippen LogP contribution < -0.4 is 5.11 Å². The fourth-order valence-corrected chi connectivity index (χ4v) is 0. The third-order valence-electron chi connectivity index (χ3n) is 0. The maximum Gasteiger partial charge on any atom is 2.00 e. The summed E-state index contributed by atoms with van der Waals surface area (Å²) in [5.74, 6) is 0. The summed E-state index contributed by atoms with van der Waals surface area (Å²) in [6.07, 6.45) is 0. The SMILES string of the molecule is CC(C)(C)[O-].[CH3-].[Zn+2]. The van der Waals surface area contributed by atoms with Gasteiger partial charge in [0, 0.05) is 0 Å². The largest absolute Gasteiger partial charge is 2.00 e. The molecule has 0 aromatic carbocycles. The van der Waals surface area contributed by atoms with Crippen molar-refractivity contribution in [2.45, 2.75) is 26.4 Å². The van der Waals surface area contributed by atoms with Crippen LogP contribution in [-0.4, -0.2) is 5.60 Å². The zero-order valence-electron chi connectivity index (χ0n) is 5.62. The van der Waals surface area contributed by atoms with Gasteiger partial charge in [-0.05, 0) is 0 Å². The second-order valence-electron chi connectivity index (χ2n) is 2.11. The predicted molar refractivity (Wildman–Crippen MR) is 26.2 cm³/mol. The normalized spacial score (nSPS) is 8.57. The van der Waals surface area contributed by atoms with Crippen molar-refractivity contribution in [1.29, 1.82) is 0 Å². The average Bonchev–Trinajstić information content (AvgIpc) is 0.722. The van der Waals surface area contributed by atoms with Crippen LogP contribution in [0.2, 0.25) is 0 Å². The first kappa shape index (κ1) is 15.6. The molecule has 0 radical (unpaired) electrons. The first-order valence-corrected chi connectivity index (χ1v) is 1.70. The molecule has 0 aromatic rings. The summed E-state index contributed by atoms with van der Waals surface area (Å²) in [5, 5.41) is 10.1. The number of hydrogen-bond acceptors (Lipinski definition) is 1. The van der Waals surface area contributed by atoms with Crippen LogP contribution in [0.4, 0.5) is 0 Å². The Morgan fingerprint density at radius 2 is 1.14 bits per heavy atom. The summed E-state index contributed by atoms with van der Waals surface area (Å²) in [7, 11) is 0. The van der Waals surface area contributed by atoms with E-state index in [2.05, 4.69) is 0 Å². The third-order valence-corrected chi connectivity index (χ3v) is 0. The second-order valence-corrected chi connectivity index (χ2v) is 2.11. The van der Waals surface area contributed by atoms with Gasteiger partial charge < -0.3 is 12.5 Å². The van der Waals surface area contributed by atoms with Crippen molar-refractivity contribution in [2.75, 3.05) is 0 Å². The van der Waals surface area contributed by atoms with Crippen LogP contribution in [-0.2, 0) is 19.5 Å². The molecular formula is C5H12OZn. The Morgan fingerprint density at radius 3 is 1.14 bits per heavy atom. The van der Waals surface area contributed by atoms with Crippen LogP contribution in [0.15, 0.2) is 0 Å². The zero-order chi connectivity index (χ0) is 4.50. The fourth-order valence-electron chi connectivity index (χ4n) is 0. The van der Waals surface area contributed by atoms with Gasteiger partial charge in [0.2, 0.25) is 0 Å². The van der Waals surface area contributed by atoms with E-state index in [4.69, 9.17) is 0 Å². The smallest absolute Gasteiger partial charge is 0.850 e. The molecule has 0 unspecified atom stereocenters. The molecule has 0 amide bonds. The van der Waals surface area contributed by atoms with Crippen LogP contribution in [0.25, 0.3) is 0 Å². The standard InChI is InChI=1S/C4H9O.CH3.Zn/c1-4(2,3)5;;/h1-3H3;1H3;/q2*-1;+2. The number of hydrogen-bond donors (Lipinski definition) is 0. The maximum absolute atomic E-state index is 10.1. The molecule has 0 spiro atoms. The molecule has 0 saturated carbocycles. The van der Waals surface area contributed by atoms with Crippen molar-refractivity contribution in [3.63, 3.8) is 0 Å². The summed E-state index contributed by atoms with van der Waals surface area (Å²) in [6, 6.07) is 0. The summed E-state index contributed by atoms with van der Waals surface area (Å²) < 4.78 is 0. The first-order valence-electron chi connectivity index (χ1n) is 1.70. The predicted octanol–water partition coefficient (Wildman–Crippen LogP) is 0.593. The van der Waals surface area contributed by atoms with E-state index in [1.807, 2.05) is 0 Å². The third kappa shape index (κ3) is 406. The summed E-state index contributed by atoms with van der Waals surface area (Å²) in [4.78, 5) is 0. The van der Waals surface area contributed by atoms with Crippen molar-refractivity contribution >= 4 is 0 Å². The molecule has 0 saturated heterocycles. The van der Waals surface area contributed by atoms with Crippen LogP contribution >= 0.6 is 0 Å². The molecule has 0 N–H and O–H groups in total. The molecule has 0 atom stereocenters. The quantitative estimate of drug-likeness (QED) is 0.369. The van der Waals surface area contributed by atoms with Crippen LogP contribution in [0.5, 0.6) is 0 Å². The van der Waals surface area contributed by atoms with E-state index >= 15 is 0 Å². The van der Waals surface area contributed by atoms with Crippen molar-refractivity contribution in [1.82, 2.24) is 0 Å². The summed E-state index contributed by atoms with van der Waals surface area (Å²) in [5.41, 5.74) is -0.750. The molecular weight excluding hydrogens is 141 g/mol. The summed E-state index contributed by atoms with van der Waals surface area (Å²) in [6.45, 7) is 4.90. The van der Waals surface area contributed by atoms with Gasteiger partial charge in [0.15, 0.2) is 0 Å². The van der Waals surface area contributed by atoms with E-state index in [9.17, 15) is 5.11 Å². The Balaban J connectivity index is -0.0000000800. The Labute approximate surface area is 58.9 Å². The minimum absolute atomic E-state index is 0. The van der Waals surface area contributed by atoms with Gasteiger partial charge >= 0.3 is 19.5 Å². The van der Waals surface area contributed by atoms with Gasteiger partial charge in [-0.15, -0.1) is 5.60 Å². The van der Waals surface area contributed by atoms with E-state index in [0.29, 0.717) is 0 Å². The maximum atomic E-state index is 10.1. The molecule has 0 aliphatic heterocycles.